The number of carbonyl (C=O) groups is 2. The third-order valence-electron chi connectivity index (χ3n) is 3.20. The number of imide groups is 1. The Morgan fingerprint density at radius 3 is 2.60 bits per heavy atom. The standard InChI is InChI=1S/C14H18N2O4/c1-16-13(17)9-10(14(16)18)15-7-8-20-12-6-4-3-5-11(12)19-2/h3-6,10,15H,7-9H2,1-2H3. The molecule has 0 aromatic heterocycles. The van der Waals surface area contributed by atoms with Gasteiger partial charge in [-0.1, -0.05) is 12.1 Å². The van der Waals surface area contributed by atoms with E-state index in [0.717, 1.165) is 4.90 Å². The predicted octanol–water partition coefficient (Wildman–Crippen LogP) is 0.421. The zero-order valence-electron chi connectivity index (χ0n) is 11.6. The van der Waals surface area contributed by atoms with Crippen molar-refractivity contribution in [2.24, 2.45) is 0 Å². The van der Waals surface area contributed by atoms with Crippen LogP contribution in [0.3, 0.4) is 0 Å². The van der Waals surface area contributed by atoms with Crippen LogP contribution in [0.25, 0.3) is 0 Å². The number of methoxy groups -OCH3 is 1. The third kappa shape index (κ3) is 3.08. The second kappa shape index (κ2) is 6.38. The summed E-state index contributed by atoms with van der Waals surface area (Å²) >= 11 is 0. The molecular weight excluding hydrogens is 260 g/mol. The lowest BCUT2D eigenvalue weighted by molar-refractivity contribution is -0.137. The van der Waals surface area contributed by atoms with E-state index >= 15 is 0 Å². The Bertz CT molecular complexity index is 504. The Morgan fingerprint density at radius 1 is 1.30 bits per heavy atom. The van der Waals surface area contributed by atoms with Gasteiger partial charge in [-0.25, -0.2) is 0 Å². The van der Waals surface area contributed by atoms with Gasteiger partial charge in [-0.15, -0.1) is 0 Å². The fourth-order valence-corrected chi connectivity index (χ4v) is 2.05. The van der Waals surface area contributed by atoms with Crippen molar-refractivity contribution >= 4 is 11.8 Å². The minimum absolute atomic E-state index is 0.154. The van der Waals surface area contributed by atoms with Gasteiger partial charge in [-0.05, 0) is 12.1 Å². The van der Waals surface area contributed by atoms with Crippen LogP contribution in [-0.2, 0) is 9.59 Å². The minimum atomic E-state index is -0.436. The molecule has 2 rings (SSSR count). The molecule has 1 atom stereocenters. The van der Waals surface area contributed by atoms with Gasteiger partial charge in [0, 0.05) is 13.6 Å². The van der Waals surface area contributed by atoms with Gasteiger partial charge in [0.2, 0.25) is 11.8 Å². The van der Waals surface area contributed by atoms with E-state index in [0.29, 0.717) is 24.7 Å². The lowest BCUT2D eigenvalue weighted by atomic mass is 10.2. The molecule has 1 aliphatic rings. The van der Waals surface area contributed by atoms with E-state index in [2.05, 4.69) is 5.32 Å². The molecule has 1 aliphatic heterocycles. The molecule has 0 radical (unpaired) electrons. The number of likely N-dealkylation sites (tertiary alicyclic amines) is 1. The molecule has 20 heavy (non-hydrogen) atoms. The van der Waals surface area contributed by atoms with Crippen LogP contribution >= 0.6 is 0 Å². The van der Waals surface area contributed by atoms with Gasteiger partial charge in [0.1, 0.15) is 6.61 Å². The van der Waals surface area contributed by atoms with Crippen molar-refractivity contribution in [1.29, 1.82) is 0 Å². The maximum atomic E-state index is 11.7. The lowest BCUT2D eigenvalue weighted by Gasteiger charge is -2.13. The number of nitrogens with one attached hydrogen (secondary N) is 1. The molecule has 1 heterocycles. The van der Waals surface area contributed by atoms with Crippen molar-refractivity contribution in [3.05, 3.63) is 24.3 Å². The van der Waals surface area contributed by atoms with Gasteiger partial charge in [0.15, 0.2) is 11.5 Å². The van der Waals surface area contributed by atoms with E-state index in [1.54, 1.807) is 7.11 Å². The zero-order chi connectivity index (χ0) is 14.5. The van der Waals surface area contributed by atoms with Gasteiger partial charge < -0.3 is 14.8 Å². The van der Waals surface area contributed by atoms with Crippen LogP contribution in [0.4, 0.5) is 0 Å². The first-order valence-electron chi connectivity index (χ1n) is 6.43. The highest BCUT2D eigenvalue weighted by Crippen LogP contribution is 2.25. The highest BCUT2D eigenvalue weighted by Gasteiger charge is 2.35. The molecule has 1 saturated heterocycles. The number of carbonyl (C=O) groups excluding carboxylic acids is 2. The summed E-state index contributed by atoms with van der Waals surface area (Å²) < 4.78 is 10.7. The van der Waals surface area contributed by atoms with Crippen molar-refractivity contribution in [3.63, 3.8) is 0 Å². The Kier molecular flexibility index (Phi) is 4.57. The van der Waals surface area contributed by atoms with Crippen LogP contribution in [0.2, 0.25) is 0 Å². The quantitative estimate of drug-likeness (QED) is 0.603. The molecule has 1 N–H and O–H groups in total. The number of hydrogen-bond donors (Lipinski definition) is 1. The molecule has 0 saturated carbocycles. The zero-order valence-corrected chi connectivity index (χ0v) is 11.6. The lowest BCUT2D eigenvalue weighted by Crippen LogP contribution is -2.39. The number of para-hydroxylation sites is 2. The summed E-state index contributed by atoms with van der Waals surface area (Å²) in [5.74, 6) is 0.979. The van der Waals surface area contributed by atoms with E-state index in [-0.39, 0.29) is 18.2 Å². The number of rotatable bonds is 6. The average Bonchev–Trinajstić information content (AvgIpc) is 2.71. The summed E-state index contributed by atoms with van der Waals surface area (Å²) in [6, 6.07) is 6.92. The first-order chi connectivity index (χ1) is 9.63. The van der Waals surface area contributed by atoms with Gasteiger partial charge in [-0.2, -0.15) is 0 Å². The van der Waals surface area contributed by atoms with Crippen LogP contribution in [-0.4, -0.2) is 50.1 Å². The summed E-state index contributed by atoms with van der Waals surface area (Å²) in [5.41, 5.74) is 0. The SMILES string of the molecule is COc1ccccc1OCCNC1CC(=O)N(C)C1=O. The summed E-state index contributed by atoms with van der Waals surface area (Å²) in [6.07, 6.45) is 0.212. The molecule has 1 unspecified atom stereocenters. The summed E-state index contributed by atoms with van der Waals surface area (Å²) in [5, 5.41) is 3.02. The number of amides is 2. The normalized spacial score (nSPS) is 18.5. The number of ether oxygens (including phenoxy) is 2. The smallest absolute Gasteiger partial charge is 0.246 e. The maximum absolute atomic E-state index is 11.7. The fraction of sp³-hybridized carbons (Fsp3) is 0.429. The summed E-state index contributed by atoms with van der Waals surface area (Å²) in [6.45, 7) is 0.873. The molecule has 1 fully saturated rings. The molecule has 1 aromatic carbocycles. The van der Waals surface area contributed by atoms with Crippen molar-refractivity contribution in [1.82, 2.24) is 10.2 Å². The second-order valence-electron chi connectivity index (χ2n) is 4.50. The van der Waals surface area contributed by atoms with Gasteiger partial charge in [-0.3, -0.25) is 14.5 Å². The molecule has 1 aromatic rings. The van der Waals surface area contributed by atoms with Crippen molar-refractivity contribution in [2.75, 3.05) is 27.3 Å². The molecule has 0 spiro atoms. The van der Waals surface area contributed by atoms with Crippen LogP contribution in [0.15, 0.2) is 24.3 Å². The van der Waals surface area contributed by atoms with Crippen LogP contribution < -0.4 is 14.8 Å². The first kappa shape index (κ1) is 14.3. The number of benzene rings is 1. The minimum Gasteiger partial charge on any atom is -0.493 e. The van der Waals surface area contributed by atoms with E-state index in [1.165, 1.54) is 7.05 Å². The second-order valence-corrected chi connectivity index (χ2v) is 4.50. The Balaban J connectivity index is 1.77. The van der Waals surface area contributed by atoms with Gasteiger partial charge in [0.05, 0.1) is 19.6 Å². The van der Waals surface area contributed by atoms with Crippen LogP contribution in [0, 0.1) is 0 Å². The predicted molar refractivity (Wildman–Crippen MR) is 72.7 cm³/mol. The van der Waals surface area contributed by atoms with E-state index < -0.39 is 6.04 Å². The molecular formula is C14H18N2O4. The number of nitrogens with zero attached hydrogens (tertiary/aromatic N) is 1. The average molecular weight is 278 g/mol. The van der Waals surface area contributed by atoms with E-state index in [9.17, 15) is 9.59 Å². The molecule has 0 bridgehead atoms. The highest BCUT2D eigenvalue weighted by molar-refractivity contribution is 6.05. The van der Waals surface area contributed by atoms with Crippen LogP contribution in [0.1, 0.15) is 6.42 Å². The molecule has 6 nitrogen and oxygen atoms in total. The van der Waals surface area contributed by atoms with Crippen LogP contribution in [0.5, 0.6) is 11.5 Å². The molecule has 108 valence electrons. The Labute approximate surface area is 117 Å². The van der Waals surface area contributed by atoms with E-state index in [1.807, 2.05) is 24.3 Å². The van der Waals surface area contributed by atoms with Gasteiger partial charge in [0.25, 0.3) is 0 Å². The fourth-order valence-electron chi connectivity index (χ4n) is 2.05. The summed E-state index contributed by atoms with van der Waals surface area (Å²) in [4.78, 5) is 24.2. The largest absolute Gasteiger partial charge is 0.493 e. The molecule has 2 amide bonds. The maximum Gasteiger partial charge on any atom is 0.246 e. The van der Waals surface area contributed by atoms with Crippen molar-refractivity contribution in [2.45, 2.75) is 12.5 Å². The monoisotopic (exact) mass is 278 g/mol. The first-order valence-corrected chi connectivity index (χ1v) is 6.43. The highest BCUT2D eigenvalue weighted by atomic mass is 16.5. The number of hydrogen-bond acceptors (Lipinski definition) is 5. The van der Waals surface area contributed by atoms with E-state index in [4.69, 9.17) is 9.47 Å². The number of likely N-dealkylation sites (N-methyl/N-ethyl adjacent to an activating group) is 1. The Morgan fingerprint density at radius 2 is 2.00 bits per heavy atom. The molecule has 0 aliphatic carbocycles. The summed E-state index contributed by atoms with van der Waals surface area (Å²) in [7, 11) is 3.08. The topological polar surface area (TPSA) is 67.9 Å². The van der Waals surface area contributed by atoms with Crippen molar-refractivity contribution in [3.8, 4) is 11.5 Å². The Hall–Kier alpha value is -2.08. The van der Waals surface area contributed by atoms with Crippen molar-refractivity contribution < 1.29 is 19.1 Å². The third-order valence-corrected chi connectivity index (χ3v) is 3.20. The molecule has 6 heteroatoms. The van der Waals surface area contributed by atoms with Gasteiger partial charge >= 0.3 is 0 Å².